The van der Waals surface area contributed by atoms with Crippen LogP contribution in [0.25, 0.3) is 0 Å². The standard InChI is InChI=1S/C17H28N4O2/c1-3-14(16(22)18-13-9-4-5-10-13)21(2)11-15-19-17(23-20-15)12-7-6-8-12/h12-14H,3-11H2,1-2H3,(H,18,22)/t14-/m0/s1. The normalized spacial score (nSPS) is 20.7. The predicted octanol–water partition coefficient (Wildman–Crippen LogP) is 2.61. The van der Waals surface area contributed by atoms with E-state index >= 15 is 0 Å². The number of carbonyl (C=O) groups excluding carboxylic acids is 1. The second-order valence-corrected chi connectivity index (χ2v) is 7.01. The molecular weight excluding hydrogens is 292 g/mol. The van der Waals surface area contributed by atoms with Gasteiger partial charge in [0.25, 0.3) is 0 Å². The highest BCUT2D eigenvalue weighted by Gasteiger charge is 2.28. The van der Waals surface area contributed by atoms with Crippen molar-refractivity contribution in [3.05, 3.63) is 11.7 Å². The van der Waals surface area contributed by atoms with Gasteiger partial charge in [-0.05, 0) is 39.2 Å². The Balaban J connectivity index is 1.54. The molecule has 1 heterocycles. The van der Waals surface area contributed by atoms with Crippen LogP contribution in [0, 0.1) is 0 Å². The van der Waals surface area contributed by atoms with Gasteiger partial charge in [-0.1, -0.05) is 31.3 Å². The van der Waals surface area contributed by atoms with Crippen LogP contribution >= 0.6 is 0 Å². The summed E-state index contributed by atoms with van der Waals surface area (Å²) >= 11 is 0. The fourth-order valence-corrected chi connectivity index (χ4v) is 3.55. The molecule has 1 amide bonds. The number of hydrogen-bond acceptors (Lipinski definition) is 5. The molecule has 0 saturated heterocycles. The number of nitrogens with zero attached hydrogens (tertiary/aromatic N) is 3. The van der Waals surface area contributed by atoms with Crippen LogP contribution in [0.4, 0.5) is 0 Å². The Hall–Kier alpha value is -1.43. The Kier molecular flexibility index (Phi) is 5.30. The molecule has 0 spiro atoms. The summed E-state index contributed by atoms with van der Waals surface area (Å²) in [4.78, 5) is 19.0. The van der Waals surface area contributed by atoms with Crippen molar-refractivity contribution in [2.24, 2.45) is 0 Å². The first kappa shape index (κ1) is 16.4. The minimum atomic E-state index is -0.138. The number of amides is 1. The minimum Gasteiger partial charge on any atom is -0.352 e. The van der Waals surface area contributed by atoms with E-state index in [1.54, 1.807) is 0 Å². The van der Waals surface area contributed by atoms with E-state index in [0.717, 1.165) is 38.0 Å². The van der Waals surface area contributed by atoms with Gasteiger partial charge in [-0.15, -0.1) is 0 Å². The van der Waals surface area contributed by atoms with Gasteiger partial charge in [0.15, 0.2) is 5.82 Å². The molecule has 128 valence electrons. The van der Waals surface area contributed by atoms with Crippen molar-refractivity contribution in [2.45, 2.75) is 82.8 Å². The average Bonchev–Trinajstić information content (AvgIpc) is 3.10. The molecule has 1 aromatic rings. The van der Waals surface area contributed by atoms with Gasteiger partial charge in [-0.3, -0.25) is 9.69 Å². The van der Waals surface area contributed by atoms with Gasteiger partial charge in [-0.25, -0.2) is 0 Å². The minimum absolute atomic E-state index is 0.129. The molecule has 1 aromatic heterocycles. The van der Waals surface area contributed by atoms with Crippen molar-refractivity contribution in [1.29, 1.82) is 0 Å². The van der Waals surface area contributed by atoms with E-state index in [-0.39, 0.29) is 11.9 Å². The first-order valence-electron chi connectivity index (χ1n) is 9.00. The van der Waals surface area contributed by atoms with Crippen LogP contribution in [0.3, 0.4) is 0 Å². The third kappa shape index (κ3) is 3.91. The molecule has 0 aromatic carbocycles. The SMILES string of the molecule is CC[C@@H](C(=O)NC1CCCC1)N(C)Cc1noc(C2CCC2)n1. The van der Waals surface area contributed by atoms with E-state index in [1.165, 1.54) is 19.3 Å². The molecule has 1 atom stereocenters. The summed E-state index contributed by atoms with van der Waals surface area (Å²) in [7, 11) is 1.96. The van der Waals surface area contributed by atoms with E-state index in [2.05, 4.69) is 15.5 Å². The van der Waals surface area contributed by atoms with Crippen LogP contribution in [-0.2, 0) is 11.3 Å². The number of nitrogens with one attached hydrogen (secondary N) is 1. The lowest BCUT2D eigenvalue weighted by Crippen LogP contribution is -2.47. The summed E-state index contributed by atoms with van der Waals surface area (Å²) in [5, 5.41) is 7.27. The number of likely N-dealkylation sites (N-methyl/N-ethyl adjacent to an activating group) is 1. The van der Waals surface area contributed by atoms with Crippen LogP contribution in [0.1, 0.15) is 75.9 Å². The molecule has 0 unspecified atom stereocenters. The number of aromatic nitrogens is 2. The Morgan fingerprint density at radius 1 is 1.30 bits per heavy atom. The molecule has 6 nitrogen and oxygen atoms in total. The van der Waals surface area contributed by atoms with E-state index < -0.39 is 0 Å². The highest BCUT2D eigenvalue weighted by atomic mass is 16.5. The van der Waals surface area contributed by atoms with E-state index in [0.29, 0.717) is 24.3 Å². The van der Waals surface area contributed by atoms with Crippen molar-refractivity contribution in [3.8, 4) is 0 Å². The zero-order chi connectivity index (χ0) is 16.2. The lowest BCUT2D eigenvalue weighted by Gasteiger charge is -2.26. The van der Waals surface area contributed by atoms with E-state index in [9.17, 15) is 4.79 Å². The van der Waals surface area contributed by atoms with Gasteiger partial charge in [-0.2, -0.15) is 4.98 Å². The molecule has 0 bridgehead atoms. The van der Waals surface area contributed by atoms with Crippen LogP contribution in [0.2, 0.25) is 0 Å². The number of hydrogen-bond donors (Lipinski definition) is 1. The lowest BCUT2D eigenvalue weighted by atomic mass is 9.85. The average molecular weight is 320 g/mol. The summed E-state index contributed by atoms with van der Waals surface area (Å²) in [5.41, 5.74) is 0. The Morgan fingerprint density at radius 2 is 2.04 bits per heavy atom. The lowest BCUT2D eigenvalue weighted by molar-refractivity contribution is -0.127. The predicted molar refractivity (Wildman–Crippen MR) is 86.8 cm³/mol. The van der Waals surface area contributed by atoms with Crippen LogP contribution in [0.15, 0.2) is 4.52 Å². The third-order valence-electron chi connectivity index (χ3n) is 5.25. The Bertz CT molecular complexity index is 520. The van der Waals surface area contributed by atoms with E-state index in [1.807, 2.05) is 18.9 Å². The molecule has 2 aliphatic carbocycles. The summed E-state index contributed by atoms with van der Waals surface area (Å²) in [5.74, 6) is 2.03. The molecule has 1 N–H and O–H groups in total. The second-order valence-electron chi connectivity index (χ2n) is 7.01. The maximum Gasteiger partial charge on any atom is 0.237 e. The monoisotopic (exact) mass is 320 g/mol. The highest BCUT2D eigenvalue weighted by molar-refractivity contribution is 5.81. The number of rotatable bonds is 7. The summed E-state index contributed by atoms with van der Waals surface area (Å²) in [6, 6.07) is 0.224. The summed E-state index contributed by atoms with van der Waals surface area (Å²) in [6.45, 7) is 2.60. The zero-order valence-corrected chi connectivity index (χ0v) is 14.3. The molecular formula is C17H28N4O2. The number of carbonyl (C=O) groups is 1. The van der Waals surface area contributed by atoms with Crippen LogP contribution in [0.5, 0.6) is 0 Å². The maximum atomic E-state index is 12.5. The molecule has 0 aliphatic heterocycles. The van der Waals surface area contributed by atoms with Crippen molar-refractivity contribution < 1.29 is 9.32 Å². The Morgan fingerprint density at radius 3 is 2.65 bits per heavy atom. The zero-order valence-electron chi connectivity index (χ0n) is 14.3. The summed E-state index contributed by atoms with van der Waals surface area (Å²) < 4.78 is 5.36. The topological polar surface area (TPSA) is 71.3 Å². The van der Waals surface area contributed by atoms with Gasteiger partial charge in [0.05, 0.1) is 12.6 Å². The van der Waals surface area contributed by atoms with Gasteiger partial charge in [0.2, 0.25) is 11.8 Å². The molecule has 2 saturated carbocycles. The molecule has 23 heavy (non-hydrogen) atoms. The third-order valence-corrected chi connectivity index (χ3v) is 5.25. The van der Waals surface area contributed by atoms with Crippen LogP contribution in [-0.4, -0.2) is 40.1 Å². The van der Waals surface area contributed by atoms with E-state index in [4.69, 9.17) is 4.52 Å². The smallest absolute Gasteiger partial charge is 0.237 e. The fraction of sp³-hybridized carbons (Fsp3) is 0.824. The van der Waals surface area contributed by atoms with Gasteiger partial charge in [0.1, 0.15) is 0 Å². The molecule has 2 aliphatic rings. The van der Waals surface area contributed by atoms with Gasteiger partial charge in [0, 0.05) is 12.0 Å². The van der Waals surface area contributed by atoms with Gasteiger partial charge >= 0.3 is 0 Å². The van der Waals surface area contributed by atoms with Crippen molar-refractivity contribution in [2.75, 3.05) is 7.05 Å². The second kappa shape index (κ2) is 7.43. The van der Waals surface area contributed by atoms with Crippen LogP contribution < -0.4 is 5.32 Å². The van der Waals surface area contributed by atoms with Crippen molar-refractivity contribution in [3.63, 3.8) is 0 Å². The Labute approximate surface area is 138 Å². The van der Waals surface area contributed by atoms with Crippen molar-refractivity contribution >= 4 is 5.91 Å². The maximum absolute atomic E-state index is 12.5. The molecule has 2 fully saturated rings. The molecule has 0 radical (unpaired) electrons. The quantitative estimate of drug-likeness (QED) is 0.836. The molecule has 6 heteroatoms. The summed E-state index contributed by atoms with van der Waals surface area (Å²) in [6.07, 6.45) is 9.01. The molecule has 3 rings (SSSR count). The largest absolute Gasteiger partial charge is 0.352 e. The fourth-order valence-electron chi connectivity index (χ4n) is 3.55. The first-order chi connectivity index (χ1) is 11.2. The van der Waals surface area contributed by atoms with Crippen molar-refractivity contribution in [1.82, 2.24) is 20.4 Å². The van der Waals surface area contributed by atoms with Gasteiger partial charge < -0.3 is 9.84 Å². The highest BCUT2D eigenvalue weighted by Crippen LogP contribution is 2.35. The first-order valence-corrected chi connectivity index (χ1v) is 9.00.